The van der Waals surface area contributed by atoms with Crippen molar-refractivity contribution < 1.29 is 4.74 Å². The third-order valence-electron chi connectivity index (χ3n) is 3.33. The van der Waals surface area contributed by atoms with Gasteiger partial charge in [-0.2, -0.15) is 0 Å². The van der Waals surface area contributed by atoms with Gasteiger partial charge in [0.05, 0.1) is 12.3 Å². The lowest BCUT2D eigenvalue weighted by Crippen LogP contribution is -2.08. The van der Waals surface area contributed by atoms with Gasteiger partial charge in [0.1, 0.15) is 5.75 Å². The first kappa shape index (κ1) is 12.7. The molecular weight excluding hydrogens is 306 g/mol. The molecule has 0 amide bonds. The number of aromatic nitrogens is 2. The summed E-state index contributed by atoms with van der Waals surface area (Å²) in [4.78, 5) is 7.73. The Hall–Kier alpha value is -1.33. The lowest BCUT2D eigenvalue weighted by molar-refractivity contribution is 0.288. The summed E-state index contributed by atoms with van der Waals surface area (Å²) >= 11 is 3.39. The van der Waals surface area contributed by atoms with Gasteiger partial charge in [-0.15, -0.1) is 0 Å². The van der Waals surface area contributed by atoms with E-state index in [1.807, 2.05) is 6.07 Å². The maximum atomic E-state index is 5.64. The Bertz CT molecular complexity index is 594. The third kappa shape index (κ3) is 2.53. The van der Waals surface area contributed by atoms with Crippen LogP contribution in [-0.2, 0) is 12.8 Å². The highest BCUT2D eigenvalue weighted by atomic mass is 79.9. The van der Waals surface area contributed by atoms with Crippen molar-refractivity contribution in [3.05, 3.63) is 34.2 Å². The Kier molecular flexibility index (Phi) is 3.57. The second-order valence-corrected chi connectivity index (χ2v) is 5.42. The molecule has 3 N–H and O–H groups in total. The normalized spacial score (nSPS) is 14.0. The Morgan fingerprint density at radius 3 is 3.16 bits per heavy atom. The van der Waals surface area contributed by atoms with Crippen LogP contribution < -0.4 is 10.5 Å². The zero-order valence-corrected chi connectivity index (χ0v) is 12.2. The molecule has 0 atom stereocenters. The molecular formula is C14H16BrN3O. The molecule has 1 aromatic heterocycles. The lowest BCUT2D eigenvalue weighted by Gasteiger charge is -2.17. The quantitative estimate of drug-likeness (QED) is 0.913. The van der Waals surface area contributed by atoms with Gasteiger partial charge in [0.15, 0.2) is 4.73 Å². The summed E-state index contributed by atoms with van der Waals surface area (Å²) in [5, 5.41) is 0. The van der Waals surface area contributed by atoms with E-state index >= 15 is 0 Å². The van der Waals surface area contributed by atoms with Gasteiger partial charge in [-0.3, -0.25) is 0 Å². The first-order valence-corrected chi connectivity index (χ1v) is 7.28. The van der Waals surface area contributed by atoms with Crippen LogP contribution >= 0.6 is 15.9 Å². The van der Waals surface area contributed by atoms with Crippen molar-refractivity contribution in [2.24, 2.45) is 5.73 Å². The number of nitrogens with one attached hydrogen (secondary N) is 1. The van der Waals surface area contributed by atoms with E-state index in [0.717, 1.165) is 53.3 Å². The van der Waals surface area contributed by atoms with Crippen LogP contribution in [0.5, 0.6) is 5.75 Å². The maximum Gasteiger partial charge on any atom is 0.175 e. The molecule has 100 valence electrons. The highest BCUT2D eigenvalue weighted by molar-refractivity contribution is 9.10. The van der Waals surface area contributed by atoms with Gasteiger partial charge in [-0.1, -0.05) is 0 Å². The molecule has 1 aliphatic rings. The summed E-state index contributed by atoms with van der Waals surface area (Å²) in [6, 6.07) is 6.28. The van der Waals surface area contributed by atoms with E-state index in [1.54, 1.807) is 0 Å². The van der Waals surface area contributed by atoms with Crippen molar-refractivity contribution in [2.45, 2.75) is 19.3 Å². The molecule has 0 fully saturated rings. The van der Waals surface area contributed by atoms with Crippen molar-refractivity contribution in [1.82, 2.24) is 9.97 Å². The fraction of sp³-hybridized carbons (Fsp3) is 0.357. The average molecular weight is 322 g/mol. The molecule has 5 heteroatoms. The average Bonchev–Trinajstić information content (AvgIpc) is 2.80. The number of rotatable bonds is 3. The zero-order valence-electron chi connectivity index (χ0n) is 10.6. The van der Waals surface area contributed by atoms with Gasteiger partial charge in [0.2, 0.25) is 0 Å². The van der Waals surface area contributed by atoms with Crippen LogP contribution in [0.3, 0.4) is 0 Å². The smallest absolute Gasteiger partial charge is 0.175 e. The summed E-state index contributed by atoms with van der Waals surface area (Å²) in [5.41, 5.74) is 10.1. The number of nitrogens with zero attached hydrogens (tertiary/aromatic N) is 1. The van der Waals surface area contributed by atoms with E-state index in [-0.39, 0.29) is 0 Å². The number of nitrogens with two attached hydrogens (primary N) is 1. The monoisotopic (exact) mass is 321 g/mol. The van der Waals surface area contributed by atoms with Crippen LogP contribution in [0.25, 0.3) is 11.3 Å². The molecule has 0 bridgehead atoms. The molecule has 0 saturated heterocycles. The molecule has 0 radical (unpaired) electrons. The minimum Gasteiger partial charge on any atom is -0.493 e. The number of aryl methyl sites for hydroxylation is 1. The number of benzene rings is 1. The standard InChI is InChI=1S/C14H16BrN3O/c15-14-17-11(5-6-16)13(18-14)10-3-4-12-9(8-10)2-1-7-19-12/h3-4,8H,1-2,5-7,16H2,(H,17,18). The SMILES string of the molecule is NCCc1[nH]c(Br)nc1-c1ccc2c(c1)CCCO2. The van der Waals surface area contributed by atoms with E-state index in [0.29, 0.717) is 6.54 Å². The summed E-state index contributed by atoms with van der Waals surface area (Å²) in [7, 11) is 0. The van der Waals surface area contributed by atoms with Crippen molar-refractivity contribution in [3.63, 3.8) is 0 Å². The minimum absolute atomic E-state index is 0.607. The Labute approximate surface area is 120 Å². The Balaban J connectivity index is 2.01. The molecule has 0 spiro atoms. The number of aromatic amines is 1. The second-order valence-electron chi connectivity index (χ2n) is 4.67. The predicted octanol–water partition coefficient (Wildman–Crippen LogP) is 2.67. The lowest BCUT2D eigenvalue weighted by atomic mass is 10.0. The van der Waals surface area contributed by atoms with E-state index in [4.69, 9.17) is 10.5 Å². The van der Waals surface area contributed by atoms with Gasteiger partial charge in [0.25, 0.3) is 0 Å². The first-order chi connectivity index (χ1) is 9.28. The molecule has 3 rings (SSSR count). The fourth-order valence-corrected chi connectivity index (χ4v) is 2.87. The number of hydrogen-bond donors (Lipinski definition) is 2. The second kappa shape index (κ2) is 5.35. The van der Waals surface area contributed by atoms with E-state index in [9.17, 15) is 0 Å². The molecule has 1 aliphatic heterocycles. The summed E-state index contributed by atoms with van der Waals surface area (Å²) in [5.74, 6) is 1.00. The largest absolute Gasteiger partial charge is 0.493 e. The van der Waals surface area contributed by atoms with Gasteiger partial charge in [0, 0.05) is 17.7 Å². The highest BCUT2D eigenvalue weighted by Gasteiger charge is 2.15. The molecule has 1 aromatic carbocycles. The number of H-pyrrole nitrogens is 1. The van der Waals surface area contributed by atoms with E-state index < -0.39 is 0 Å². The number of hydrogen-bond acceptors (Lipinski definition) is 3. The van der Waals surface area contributed by atoms with Crippen molar-refractivity contribution in [1.29, 1.82) is 0 Å². The van der Waals surface area contributed by atoms with Gasteiger partial charge < -0.3 is 15.5 Å². The van der Waals surface area contributed by atoms with Crippen LogP contribution in [0.15, 0.2) is 22.9 Å². The summed E-state index contributed by atoms with van der Waals surface area (Å²) < 4.78 is 6.39. The molecule has 2 heterocycles. The molecule has 0 saturated carbocycles. The number of halogens is 1. The van der Waals surface area contributed by atoms with Crippen LogP contribution in [0.2, 0.25) is 0 Å². The summed E-state index contributed by atoms with van der Waals surface area (Å²) in [6.07, 6.45) is 2.94. The van der Waals surface area contributed by atoms with Crippen LogP contribution in [0, 0.1) is 0 Å². The van der Waals surface area contributed by atoms with Gasteiger partial charge in [-0.05, 0) is 59.1 Å². The van der Waals surface area contributed by atoms with Crippen LogP contribution in [0.1, 0.15) is 17.7 Å². The van der Waals surface area contributed by atoms with Crippen molar-refractivity contribution >= 4 is 15.9 Å². The first-order valence-electron chi connectivity index (χ1n) is 6.48. The Morgan fingerprint density at radius 2 is 2.32 bits per heavy atom. The number of ether oxygens (including phenoxy) is 1. The third-order valence-corrected chi connectivity index (χ3v) is 3.70. The predicted molar refractivity (Wildman–Crippen MR) is 78.3 cm³/mol. The Morgan fingerprint density at radius 1 is 1.42 bits per heavy atom. The maximum absolute atomic E-state index is 5.64. The molecule has 0 aliphatic carbocycles. The molecule has 19 heavy (non-hydrogen) atoms. The highest BCUT2D eigenvalue weighted by Crippen LogP contribution is 2.31. The number of fused-ring (bicyclic) bond motifs is 1. The van der Waals surface area contributed by atoms with Crippen LogP contribution in [0.4, 0.5) is 0 Å². The van der Waals surface area contributed by atoms with E-state index in [1.165, 1.54) is 5.56 Å². The molecule has 2 aromatic rings. The van der Waals surface area contributed by atoms with Gasteiger partial charge >= 0.3 is 0 Å². The van der Waals surface area contributed by atoms with Crippen molar-refractivity contribution in [3.8, 4) is 17.0 Å². The van der Waals surface area contributed by atoms with Crippen LogP contribution in [-0.4, -0.2) is 23.1 Å². The fourth-order valence-electron chi connectivity index (χ4n) is 2.45. The minimum atomic E-state index is 0.607. The zero-order chi connectivity index (χ0) is 13.2. The van der Waals surface area contributed by atoms with Crippen molar-refractivity contribution in [2.75, 3.05) is 13.2 Å². The molecule has 0 unspecified atom stereocenters. The van der Waals surface area contributed by atoms with E-state index in [2.05, 4.69) is 38.0 Å². The topological polar surface area (TPSA) is 63.9 Å². The van der Waals surface area contributed by atoms with Gasteiger partial charge in [-0.25, -0.2) is 4.98 Å². The summed E-state index contributed by atoms with van der Waals surface area (Å²) in [6.45, 7) is 1.43. The molecule has 4 nitrogen and oxygen atoms in total. The number of imidazole rings is 1.